The highest BCUT2D eigenvalue weighted by Gasteiger charge is 2.07. The van der Waals surface area contributed by atoms with E-state index in [2.05, 4.69) is 56.9 Å². The maximum Gasteiger partial charge on any atom is 0.0198 e. The molecule has 0 saturated carbocycles. The molecular formula is C15H23NS. The molecule has 0 fully saturated rings. The van der Waals surface area contributed by atoms with Crippen LogP contribution in [0.2, 0.25) is 0 Å². The molecule has 0 spiro atoms. The third-order valence-corrected chi connectivity index (χ3v) is 3.73. The van der Waals surface area contributed by atoms with E-state index in [1.165, 1.54) is 16.0 Å². The quantitative estimate of drug-likeness (QED) is 0.578. The Kier molecular flexibility index (Phi) is 6.38. The number of rotatable bonds is 7. The van der Waals surface area contributed by atoms with E-state index in [9.17, 15) is 0 Å². The summed E-state index contributed by atoms with van der Waals surface area (Å²) in [5.41, 5.74) is 2.57. The second kappa shape index (κ2) is 7.57. The lowest BCUT2D eigenvalue weighted by atomic mass is 10.1. The largest absolute Gasteiger partial charge is 0.313 e. The van der Waals surface area contributed by atoms with Crippen molar-refractivity contribution in [2.75, 3.05) is 12.3 Å². The van der Waals surface area contributed by atoms with Crippen molar-refractivity contribution in [1.82, 2.24) is 5.32 Å². The first-order valence-corrected chi connectivity index (χ1v) is 7.17. The Morgan fingerprint density at radius 2 is 2.00 bits per heavy atom. The summed E-state index contributed by atoms with van der Waals surface area (Å²) in [6.07, 6.45) is 1.06. The lowest BCUT2D eigenvalue weighted by Crippen LogP contribution is -2.31. The molecule has 0 radical (unpaired) electrons. The highest BCUT2D eigenvalue weighted by Crippen LogP contribution is 2.20. The maximum absolute atomic E-state index is 3.99. The van der Waals surface area contributed by atoms with Crippen LogP contribution in [0.15, 0.2) is 41.3 Å². The van der Waals surface area contributed by atoms with Gasteiger partial charge in [0.05, 0.1) is 0 Å². The second-order valence-corrected chi connectivity index (χ2v) is 5.63. The molecule has 94 valence electrons. The zero-order valence-corrected chi connectivity index (χ0v) is 11.9. The van der Waals surface area contributed by atoms with E-state index >= 15 is 0 Å². The number of benzene rings is 1. The molecule has 0 aliphatic carbocycles. The molecule has 0 aliphatic heterocycles. The molecule has 1 rings (SSSR count). The Morgan fingerprint density at radius 3 is 2.53 bits per heavy atom. The van der Waals surface area contributed by atoms with Crippen LogP contribution in [-0.2, 0) is 0 Å². The number of hydrogen-bond acceptors (Lipinski definition) is 2. The molecule has 0 heterocycles. The molecule has 2 heteroatoms. The van der Waals surface area contributed by atoms with Crippen LogP contribution in [0.3, 0.4) is 0 Å². The molecule has 0 aromatic heterocycles. The highest BCUT2D eigenvalue weighted by molar-refractivity contribution is 7.99. The molecule has 1 N–H and O–H groups in total. The first kappa shape index (κ1) is 14.3. The second-order valence-electron chi connectivity index (χ2n) is 4.54. The minimum absolute atomic E-state index is 0.531. The van der Waals surface area contributed by atoms with Gasteiger partial charge in [0.15, 0.2) is 0 Å². The molecule has 0 bridgehead atoms. The van der Waals surface area contributed by atoms with E-state index in [0.29, 0.717) is 6.04 Å². The van der Waals surface area contributed by atoms with E-state index < -0.39 is 0 Å². The number of nitrogens with one attached hydrogen (secondary N) is 1. The molecule has 1 atom stereocenters. The first-order valence-electron chi connectivity index (χ1n) is 6.19. The Balaban J connectivity index is 2.45. The van der Waals surface area contributed by atoms with Gasteiger partial charge >= 0.3 is 0 Å². The summed E-state index contributed by atoms with van der Waals surface area (Å²) in [5, 5.41) is 3.51. The molecule has 1 aromatic rings. The fourth-order valence-corrected chi connectivity index (χ4v) is 2.69. The number of thioether (sulfide) groups is 1. The topological polar surface area (TPSA) is 12.0 Å². The highest BCUT2D eigenvalue weighted by atomic mass is 32.2. The molecule has 1 nitrogen and oxygen atoms in total. The van der Waals surface area contributed by atoms with Gasteiger partial charge in [-0.15, -0.1) is 18.3 Å². The number of aryl methyl sites for hydroxylation is 1. The van der Waals surface area contributed by atoms with Gasteiger partial charge in [0.1, 0.15) is 0 Å². The van der Waals surface area contributed by atoms with Gasteiger partial charge in [-0.1, -0.05) is 30.2 Å². The van der Waals surface area contributed by atoms with E-state index in [1.54, 1.807) is 0 Å². The van der Waals surface area contributed by atoms with Gasteiger partial charge in [0, 0.05) is 16.7 Å². The van der Waals surface area contributed by atoms with Crippen LogP contribution in [0.1, 0.15) is 25.8 Å². The van der Waals surface area contributed by atoms with Crippen molar-refractivity contribution in [2.45, 2.75) is 38.1 Å². The summed E-state index contributed by atoms with van der Waals surface area (Å²) in [6, 6.07) is 9.27. The molecule has 0 saturated heterocycles. The first-order chi connectivity index (χ1) is 8.11. The van der Waals surface area contributed by atoms with Gasteiger partial charge in [0.2, 0.25) is 0 Å². The summed E-state index contributed by atoms with van der Waals surface area (Å²) in [5.74, 6) is 1.10. The molecule has 1 unspecified atom stereocenters. The Hall–Kier alpha value is -0.730. The molecule has 1 aromatic carbocycles. The normalized spacial score (nSPS) is 12.4. The molecule has 17 heavy (non-hydrogen) atoms. The fourth-order valence-electron chi connectivity index (χ4n) is 1.73. The number of hydrogen-bond donors (Lipinski definition) is 1. The molecule has 0 amide bonds. The van der Waals surface area contributed by atoms with Crippen LogP contribution in [0.25, 0.3) is 0 Å². The van der Waals surface area contributed by atoms with Crippen LogP contribution in [0.5, 0.6) is 0 Å². The van der Waals surface area contributed by atoms with Gasteiger partial charge in [-0.2, -0.15) is 0 Å². The predicted molar refractivity (Wildman–Crippen MR) is 78.8 cm³/mol. The maximum atomic E-state index is 3.99. The third-order valence-electron chi connectivity index (χ3n) is 2.56. The summed E-state index contributed by atoms with van der Waals surface area (Å²) in [7, 11) is 0. The van der Waals surface area contributed by atoms with E-state index in [0.717, 1.165) is 18.7 Å². The van der Waals surface area contributed by atoms with Gasteiger partial charge < -0.3 is 5.32 Å². The lowest BCUT2D eigenvalue weighted by Gasteiger charge is -2.17. The van der Waals surface area contributed by atoms with Crippen LogP contribution < -0.4 is 5.32 Å². The Morgan fingerprint density at radius 1 is 1.35 bits per heavy atom. The monoisotopic (exact) mass is 249 g/mol. The van der Waals surface area contributed by atoms with Gasteiger partial charge in [0.25, 0.3) is 0 Å². The van der Waals surface area contributed by atoms with Crippen LogP contribution in [0.4, 0.5) is 0 Å². The minimum atomic E-state index is 0.531. The van der Waals surface area contributed by atoms with E-state index in [-0.39, 0.29) is 0 Å². The zero-order chi connectivity index (χ0) is 12.7. The summed E-state index contributed by atoms with van der Waals surface area (Å²) in [4.78, 5) is 1.35. The lowest BCUT2D eigenvalue weighted by molar-refractivity contribution is 0.571. The summed E-state index contributed by atoms with van der Waals surface area (Å²) >= 11 is 1.92. The minimum Gasteiger partial charge on any atom is -0.313 e. The van der Waals surface area contributed by atoms with Crippen molar-refractivity contribution in [3.63, 3.8) is 0 Å². The van der Waals surface area contributed by atoms with Crippen molar-refractivity contribution in [3.8, 4) is 0 Å². The Bertz CT molecular complexity index is 342. The van der Waals surface area contributed by atoms with E-state index in [1.807, 2.05) is 11.8 Å². The van der Waals surface area contributed by atoms with Crippen molar-refractivity contribution < 1.29 is 0 Å². The molecule has 0 aliphatic rings. The Labute approximate surface area is 110 Å². The predicted octanol–water partition coefficient (Wildman–Crippen LogP) is 4.03. The summed E-state index contributed by atoms with van der Waals surface area (Å²) in [6.45, 7) is 11.4. The van der Waals surface area contributed by atoms with Crippen LogP contribution in [-0.4, -0.2) is 18.3 Å². The fraction of sp³-hybridized carbons (Fsp3) is 0.467. The average Bonchev–Trinajstić information content (AvgIpc) is 2.27. The van der Waals surface area contributed by atoms with Gasteiger partial charge in [-0.25, -0.2) is 0 Å². The van der Waals surface area contributed by atoms with Gasteiger partial charge in [-0.05, 0) is 38.9 Å². The van der Waals surface area contributed by atoms with Crippen molar-refractivity contribution in [2.24, 2.45) is 0 Å². The van der Waals surface area contributed by atoms with Crippen molar-refractivity contribution in [3.05, 3.63) is 42.0 Å². The van der Waals surface area contributed by atoms with Crippen LogP contribution >= 0.6 is 11.8 Å². The van der Waals surface area contributed by atoms with Crippen LogP contribution in [0, 0.1) is 6.92 Å². The standard InChI is InChI=1S/C15H23NS/c1-5-16-14(10-12(2)3)11-17-15-8-6-13(4)7-9-15/h6-9,14,16H,2,5,10-11H2,1,3-4H3. The third kappa shape index (κ3) is 5.94. The molecular weight excluding hydrogens is 226 g/mol. The average molecular weight is 249 g/mol. The van der Waals surface area contributed by atoms with E-state index in [4.69, 9.17) is 0 Å². The SMILES string of the molecule is C=C(C)CC(CSc1ccc(C)cc1)NCC. The smallest absolute Gasteiger partial charge is 0.0198 e. The van der Waals surface area contributed by atoms with Gasteiger partial charge in [-0.3, -0.25) is 0 Å². The summed E-state index contributed by atoms with van der Waals surface area (Å²) < 4.78 is 0. The zero-order valence-electron chi connectivity index (χ0n) is 11.1. The van der Waals surface area contributed by atoms with Crippen molar-refractivity contribution >= 4 is 11.8 Å². The van der Waals surface area contributed by atoms with Crippen molar-refractivity contribution in [1.29, 1.82) is 0 Å².